The summed E-state index contributed by atoms with van der Waals surface area (Å²) >= 11 is 0. The highest BCUT2D eigenvalue weighted by Crippen LogP contribution is 2.32. The molecule has 0 spiro atoms. The van der Waals surface area contributed by atoms with E-state index in [4.69, 9.17) is 14.0 Å². The van der Waals surface area contributed by atoms with Crippen LogP contribution in [0.3, 0.4) is 0 Å². The number of benzene rings is 2. The lowest BCUT2D eigenvalue weighted by Gasteiger charge is -2.22. The number of hydrogen-bond donors (Lipinski definition) is 1. The molecule has 3 aromatic rings. The summed E-state index contributed by atoms with van der Waals surface area (Å²) in [6.07, 6.45) is 3.27. The molecule has 2 atom stereocenters. The fraction of sp³-hybridized carbons (Fsp3) is 0.391. The van der Waals surface area contributed by atoms with Gasteiger partial charge >= 0.3 is 0 Å². The maximum Gasteiger partial charge on any atom is 0.282 e. The van der Waals surface area contributed by atoms with Crippen LogP contribution in [-0.4, -0.2) is 30.9 Å². The number of rotatable bonds is 7. The summed E-state index contributed by atoms with van der Waals surface area (Å²) in [5, 5.41) is 4.20. The molecule has 29 heavy (non-hydrogen) atoms. The number of ether oxygens (including phenoxy) is 2. The Bertz CT molecular complexity index is 952. The molecule has 2 heterocycles. The Kier molecular flexibility index (Phi) is 5.81. The van der Waals surface area contributed by atoms with Crippen molar-refractivity contribution in [3.05, 3.63) is 59.5 Å². The van der Waals surface area contributed by atoms with Crippen LogP contribution in [0.5, 0.6) is 11.5 Å². The SMILES string of the molecule is CCc1ccc(-c2noc(C[NH+]3CCC[C@H]3c3cc(OC)ccc3OC)n2)cc1. The largest absolute Gasteiger partial charge is 0.497 e. The van der Waals surface area contributed by atoms with E-state index in [2.05, 4.69) is 47.4 Å². The molecule has 0 radical (unpaired) electrons. The first-order valence-corrected chi connectivity index (χ1v) is 10.2. The van der Waals surface area contributed by atoms with Crippen LogP contribution in [0.15, 0.2) is 47.0 Å². The summed E-state index contributed by atoms with van der Waals surface area (Å²) in [6, 6.07) is 14.7. The lowest BCUT2D eigenvalue weighted by Crippen LogP contribution is -3.09. The molecule has 1 N–H and O–H groups in total. The van der Waals surface area contributed by atoms with Gasteiger partial charge in [0, 0.05) is 18.4 Å². The normalized spacial score (nSPS) is 18.7. The fourth-order valence-electron chi connectivity index (χ4n) is 4.14. The molecule has 6 heteroatoms. The van der Waals surface area contributed by atoms with E-state index in [1.165, 1.54) is 16.0 Å². The Morgan fingerprint density at radius 1 is 1.10 bits per heavy atom. The summed E-state index contributed by atoms with van der Waals surface area (Å²) in [5.41, 5.74) is 3.46. The van der Waals surface area contributed by atoms with Gasteiger partial charge in [-0.25, -0.2) is 0 Å². The van der Waals surface area contributed by atoms with Crippen LogP contribution in [0, 0.1) is 0 Å². The number of likely N-dealkylation sites (tertiary alicyclic amines) is 1. The van der Waals surface area contributed by atoms with Crippen LogP contribution in [0.25, 0.3) is 11.4 Å². The van der Waals surface area contributed by atoms with E-state index < -0.39 is 0 Å². The number of nitrogens with one attached hydrogen (secondary N) is 1. The molecule has 1 fully saturated rings. The van der Waals surface area contributed by atoms with Crippen molar-refractivity contribution in [3.8, 4) is 22.9 Å². The lowest BCUT2D eigenvalue weighted by atomic mass is 10.0. The van der Waals surface area contributed by atoms with Crippen LogP contribution in [0.1, 0.15) is 42.8 Å². The third-order valence-electron chi connectivity index (χ3n) is 5.76. The van der Waals surface area contributed by atoms with E-state index in [-0.39, 0.29) is 0 Å². The van der Waals surface area contributed by atoms with Crippen molar-refractivity contribution in [2.45, 2.75) is 38.8 Å². The van der Waals surface area contributed by atoms with Gasteiger partial charge in [-0.2, -0.15) is 4.98 Å². The molecule has 1 aromatic heterocycles. The van der Waals surface area contributed by atoms with Crippen molar-refractivity contribution in [2.75, 3.05) is 20.8 Å². The minimum atomic E-state index is 0.319. The highest BCUT2D eigenvalue weighted by atomic mass is 16.5. The molecule has 1 saturated heterocycles. The molecule has 0 bridgehead atoms. The molecule has 0 amide bonds. The average molecular weight is 394 g/mol. The van der Waals surface area contributed by atoms with E-state index in [0.717, 1.165) is 42.9 Å². The number of methoxy groups -OCH3 is 2. The topological polar surface area (TPSA) is 61.8 Å². The third-order valence-corrected chi connectivity index (χ3v) is 5.76. The molecular formula is C23H28N3O3+. The van der Waals surface area contributed by atoms with Gasteiger partial charge in [-0.3, -0.25) is 0 Å². The van der Waals surface area contributed by atoms with Gasteiger partial charge in [0.1, 0.15) is 17.5 Å². The summed E-state index contributed by atoms with van der Waals surface area (Å²) in [4.78, 5) is 6.06. The van der Waals surface area contributed by atoms with E-state index in [9.17, 15) is 0 Å². The summed E-state index contributed by atoms with van der Waals surface area (Å²) in [7, 11) is 3.41. The van der Waals surface area contributed by atoms with Gasteiger partial charge in [0.05, 0.1) is 26.3 Å². The first-order chi connectivity index (χ1) is 14.2. The maximum absolute atomic E-state index is 5.62. The molecule has 1 unspecified atom stereocenters. The Morgan fingerprint density at radius 2 is 1.93 bits per heavy atom. The van der Waals surface area contributed by atoms with Crippen LogP contribution < -0.4 is 14.4 Å². The van der Waals surface area contributed by atoms with Gasteiger partial charge in [-0.15, -0.1) is 0 Å². The van der Waals surface area contributed by atoms with Gasteiger partial charge in [-0.05, 0) is 30.2 Å². The second-order valence-corrected chi connectivity index (χ2v) is 7.45. The smallest absolute Gasteiger partial charge is 0.282 e. The number of nitrogens with zero attached hydrogens (tertiary/aromatic N) is 2. The minimum Gasteiger partial charge on any atom is -0.497 e. The van der Waals surface area contributed by atoms with Crippen LogP contribution in [-0.2, 0) is 13.0 Å². The second kappa shape index (κ2) is 8.66. The number of aromatic nitrogens is 2. The molecule has 0 aliphatic carbocycles. The minimum absolute atomic E-state index is 0.319. The number of hydrogen-bond acceptors (Lipinski definition) is 5. The lowest BCUT2D eigenvalue weighted by molar-refractivity contribution is -0.933. The molecule has 6 nitrogen and oxygen atoms in total. The van der Waals surface area contributed by atoms with E-state index in [1.807, 2.05) is 12.1 Å². The number of quaternary nitrogens is 1. The van der Waals surface area contributed by atoms with Gasteiger partial charge in [-0.1, -0.05) is 36.3 Å². The zero-order valence-corrected chi connectivity index (χ0v) is 17.3. The van der Waals surface area contributed by atoms with Crippen molar-refractivity contribution >= 4 is 0 Å². The Morgan fingerprint density at radius 3 is 2.66 bits per heavy atom. The quantitative estimate of drug-likeness (QED) is 0.667. The Hall–Kier alpha value is -2.86. The van der Waals surface area contributed by atoms with Crippen LogP contribution in [0.4, 0.5) is 0 Å². The molecule has 0 saturated carbocycles. The van der Waals surface area contributed by atoms with E-state index >= 15 is 0 Å². The average Bonchev–Trinajstić information content (AvgIpc) is 3.43. The standard InChI is InChI=1S/C23H27N3O3/c1-4-16-7-9-17(10-8-16)23-24-22(29-25-23)15-26-13-5-6-20(26)19-14-18(27-2)11-12-21(19)28-3/h7-12,14,20H,4-6,13,15H2,1-3H3/p+1/t20-/m0/s1. The molecule has 2 aromatic carbocycles. The summed E-state index contributed by atoms with van der Waals surface area (Å²) < 4.78 is 16.6. The van der Waals surface area contributed by atoms with E-state index in [0.29, 0.717) is 24.3 Å². The molecular weight excluding hydrogens is 366 g/mol. The highest BCUT2D eigenvalue weighted by molar-refractivity contribution is 5.54. The maximum atomic E-state index is 5.62. The van der Waals surface area contributed by atoms with Crippen LogP contribution in [0.2, 0.25) is 0 Å². The number of aryl methyl sites for hydroxylation is 1. The third kappa shape index (κ3) is 4.12. The van der Waals surface area contributed by atoms with Crippen molar-refractivity contribution in [2.24, 2.45) is 0 Å². The first-order valence-electron chi connectivity index (χ1n) is 10.2. The Labute approximate surface area is 171 Å². The monoisotopic (exact) mass is 394 g/mol. The van der Waals surface area contributed by atoms with Gasteiger partial charge in [0.15, 0.2) is 6.54 Å². The highest BCUT2D eigenvalue weighted by Gasteiger charge is 2.34. The molecule has 4 rings (SSSR count). The van der Waals surface area contributed by atoms with Gasteiger partial charge in [0.2, 0.25) is 5.82 Å². The van der Waals surface area contributed by atoms with Crippen molar-refractivity contribution in [1.82, 2.24) is 10.1 Å². The molecule has 152 valence electrons. The van der Waals surface area contributed by atoms with Crippen molar-refractivity contribution in [3.63, 3.8) is 0 Å². The van der Waals surface area contributed by atoms with Crippen molar-refractivity contribution in [1.29, 1.82) is 0 Å². The second-order valence-electron chi connectivity index (χ2n) is 7.45. The summed E-state index contributed by atoms with van der Waals surface area (Å²) in [5.74, 6) is 3.07. The first kappa shape index (κ1) is 19.5. The molecule has 1 aliphatic heterocycles. The van der Waals surface area contributed by atoms with Gasteiger partial charge in [0.25, 0.3) is 5.89 Å². The predicted octanol–water partition coefficient (Wildman–Crippen LogP) is 3.24. The zero-order chi connectivity index (χ0) is 20.2. The summed E-state index contributed by atoms with van der Waals surface area (Å²) in [6.45, 7) is 3.91. The zero-order valence-electron chi connectivity index (χ0n) is 17.3. The van der Waals surface area contributed by atoms with Crippen LogP contribution >= 0.6 is 0 Å². The predicted molar refractivity (Wildman–Crippen MR) is 110 cm³/mol. The molecule has 1 aliphatic rings. The van der Waals surface area contributed by atoms with Gasteiger partial charge < -0.3 is 18.9 Å². The Balaban J connectivity index is 1.53. The van der Waals surface area contributed by atoms with E-state index in [1.54, 1.807) is 14.2 Å². The van der Waals surface area contributed by atoms with Crippen molar-refractivity contribution < 1.29 is 18.9 Å². The fourth-order valence-corrected chi connectivity index (χ4v) is 4.14.